The monoisotopic (exact) mass is 302 g/mol. The molecule has 0 radical (unpaired) electrons. The van der Waals surface area contributed by atoms with Crippen LogP contribution in [0.25, 0.3) is 0 Å². The van der Waals surface area contributed by atoms with Crippen molar-refractivity contribution in [2.24, 2.45) is 11.8 Å². The van der Waals surface area contributed by atoms with E-state index in [2.05, 4.69) is 0 Å². The van der Waals surface area contributed by atoms with Gasteiger partial charge in [0.2, 0.25) is 0 Å². The Labute approximate surface area is 122 Å². The summed E-state index contributed by atoms with van der Waals surface area (Å²) >= 11 is 0. The molecule has 0 heterocycles. The van der Waals surface area contributed by atoms with Gasteiger partial charge in [0.15, 0.2) is 0 Å². The lowest BCUT2D eigenvalue weighted by Crippen LogP contribution is -2.34. The van der Waals surface area contributed by atoms with E-state index in [1.807, 2.05) is 12.1 Å². The topological polar surface area (TPSA) is 29.5 Å². The van der Waals surface area contributed by atoms with Crippen LogP contribution in [0.5, 0.6) is 5.75 Å². The molecule has 1 aliphatic rings. The molecule has 0 saturated heterocycles. The van der Waals surface area contributed by atoms with Crippen molar-refractivity contribution < 1.29 is 23.0 Å². The van der Waals surface area contributed by atoms with Crippen LogP contribution in [0.4, 0.5) is 13.2 Å². The normalized spacial score (nSPS) is 24.6. The molecule has 1 fully saturated rings. The Kier molecular flexibility index (Phi) is 5.14. The molecule has 2 rings (SSSR count). The second-order valence-corrected chi connectivity index (χ2v) is 5.78. The molecule has 1 saturated carbocycles. The number of aliphatic hydroxyl groups is 1. The molecular formula is C16H21F3O2. The maximum atomic E-state index is 12.8. The fourth-order valence-corrected chi connectivity index (χ4v) is 3.04. The first kappa shape index (κ1) is 16.1. The third-order valence-electron chi connectivity index (χ3n) is 4.33. The molecule has 0 bridgehead atoms. The zero-order valence-corrected chi connectivity index (χ0v) is 12.1. The maximum absolute atomic E-state index is 12.8. The van der Waals surface area contributed by atoms with E-state index < -0.39 is 18.2 Å². The Bertz CT molecular complexity index is 442. The maximum Gasteiger partial charge on any atom is 0.391 e. The third-order valence-corrected chi connectivity index (χ3v) is 4.33. The minimum Gasteiger partial charge on any atom is -0.497 e. The quantitative estimate of drug-likeness (QED) is 0.912. The van der Waals surface area contributed by atoms with Gasteiger partial charge in [-0.3, -0.25) is 0 Å². The van der Waals surface area contributed by atoms with Gasteiger partial charge in [-0.05, 0) is 49.3 Å². The molecule has 0 aromatic heterocycles. The molecule has 2 nitrogen and oxygen atoms in total. The lowest BCUT2D eigenvalue weighted by molar-refractivity contribution is -0.188. The number of aliphatic hydroxyl groups excluding tert-OH is 1. The highest BCUT2D eigenvalue weighted by atomic mass is 19.4. The van der Waals surface area contributed by atoms with Gasteiger partial charge >= 0.3 is 6.18 Å². The predicted molar refractivity (Wildman–Crippen MR) is 74.2 cm³/mol. The number of methoxy groups -OCH3 is 1. The van der Waals surface area contributed by atoms with Crippen molar-refractivity contribution in [3.05, 3.63) is 29.8 Å². The number of halogens is 3. The molecule has 1 aliphatic carbocycles. The number of alkyl halides is 3. The molecule has 1 N–H and O–H groups in total. The highest BCUT2D eigenvalue weighted by Crippen LogP contribution is 2.41. The molecule has 118 valence electrons. The van der Waals surface area contributed by atoms with Gasteiger partial charge in [0.05, 0.1) is 19.1 Å². The summed E-state index contributed by atoms with van der Waals surface area (Å²) in [5.41, 5.74) is 0.914. The Morgan fingerprint density at radius 2 is 1.90 bits per heavy atom. The molecular weight excluding hydrogens is 281 g/mol. The van der Waals surface area contributed by atoms with Crippen LogP contribution in [0.15, 0.2) is 24.3 Å². The van der Waals surface area contributed by atoms with Crippen molar-refractivity contribution in [2.45, 2.75) is 44.4 Å². The van der Waals surface area contributed by atoms with Gasteiger partial charge < -0.3 is 9.84 Å². The van der Waals surface area contributed by atoms with Crippen LogP contribution in [-0.4, -0.2) is 24.5 Å². The first-order chi connectivity index (χ1) is 9.90. The molecule has 3 unspecified atom stereocenters. The Morgan fingerprint density at radius 1 is 1.24 bits per heavy atom. The highest BCUT2D eigenvalue weighted by Gasteiger charge is 2.43. The lowest BCUT2D eigenvalue weighted by Gasteiger charge is -2.33. The van der Waals surface area contributed by atoms with E-state index in [0.29, 0.717) is 19.3 Å². The average Bonchev–Trinajstić information content (AvgIpc) is 2.47. The van der Waals surface area contributed by atoms with Gasteiger partial charge in [-0.25, -0.2) is 0 Å². The number of ether oxygens (including phenoxy) is 1. The summed E-state index contributed by atoms with van der Waals surface area (Å²) in [4.78, 5) is 0. The van der Waals surface area contributed by atoms with E-state index in [0.717, 1.165) is 11.3 Å². The first-order valence-electron chi connectivity index (χ1n) is 7.28. The van der Waals surface area contributed by atoms with E-state index in [1.54, 1.807) is 19.2 Å². The molecule has 0 aliphatic heterocycles. The van der Waals surface area contributed by atoms with E-state index in [4.69, 9.17) is 4.74 Å². The molecule has 1 aromatic carbocycles. The summed E-state index contributed by atoms with van der Waals surface area (Å²) in [5.74, 6) is -0.808. The summed E-state index contributed by atoms with van der Waals surface area (Å²) in [6.07, 6.45) is -3.03. The van der Waals surface area contributed by atoms with Gasteiger partial charge in [-0.2, -0.15) is 13.2 Å². The zero-order valence-electron chi connectivity index (χ0n) is 12.1. The molecule has 5 heteroatoms. The minimum atomic E-state index is -4.14. The SMILES string of the molecule is COc1ccc(CC(O)C2CCCC(C(F)(F)F)C2)cc1. The van der Waals surface area contributed by atoms with Gasteiger partial charge in [-0.1, -0.05) is 18.6 Å². The predicted octanol–water partition coefficient (Wildman–Crippen LogP) is 3.97. The van der Waals surface area contributed by atoms with E-state index in [9.17, 15) is 18.3 Å². The van der Waals surface area contributed by atoms with Crippen LogP contribution >= 0.6 is 0 Å². The van der Waals surface area contributed by atoms with Crippen LogP contribution in [0.1, 0.15) is 31.2 Å². The second kappa shape index (κ2) is 6.69. The van der Waals surface area contributed by atoms with Crippen molar-refractivity contribution in [3.63, 3.8) is 0 Å². The number of rotatable bonds is 4. The first-order valence-corrected chi connectivity index (χ1v) is 7.28. The van der Waals surface area contributed by atoms with Crippen molar-refractivity contribution in [1.29, 1.82) is 0 Å². The van der Waals surface area contributed by atoms with Crippen molar-refractivity contribution >= 4 is 0 Å². The summed E-state index contributed by atoms with van der Waals surface area (Å²) in [6, 6.07) is 7.27. The number of hydrogen-bond acceptors (Lipinski definition) is 2. The van der Waals surface area contributed by atoms with E-state index in [-0.39, 0.29) is 18.8 Å². The van der Waals surface area contributed by atoms with Gasteiger partial charge in [0, 0.05) is 0 Å². The van der Waals surface area contributed by atoms with Crippen molar-refractivity contribution in [2.75, 3.05) is 7.11 Å². The zero-order chi connectivity index (χ0) is 15.5. The standard InChI is InChI=1S/C16H21F3O2/c1-21-14-7-5-11(6-8-14)9-15(20)12-3-2-4-13(10-12)16(17,18)19/h5-8,12-13,15,20H,2-4,9-10H2,1H3. The van der Waals surface area contributed by atoms with Crippen molar-refractivity contribution in [3.8, 4) is 5.75 Å². The smallest absolute Gasteiger partial charge is 0.391 e. The molecule has 1 aromatic rings. The van der Waals surface area contributed by atoms with Crippen LogP contribution in [-0.2, 0) is 6.42 Å². The van der Waals surface area contributed by atoms with E-state index in [1.165, 1.54) is 0 Å². The summed E-state index contributed by atoms with van der Waals surface area (Å²) < 4.78 is 43.4. The Morgan fingerprint density at radius 3 is 2.48 bits per heavy atom. The molecule has 0 spiro atoms. The average molecular weight is 302 g/mol. The van der Waals surface area contributed by atoms with Gasteiger partial charge in [0.25, 0.3) is 0 Å². The molecule has 3 atom stereocenters. The van der Waals surface area contributed by atoms with Gasteiger partial charge in [-0.15, -0.1) is 0 Å². The fraction of sp³-hybridized carbons (Fsp3) is 0.625. The van der Waals surface area contributed by atoms with E-state index >= 15 is 0 Å². The second-order valence-electron chi connectivity index (χ2n) is 5.78. The minimum absolute atomic E-state index is 0.0425. The number of benzene rings is 1. The summed E-state index contributed by atoms with van der Waals surface area (Å²) in [5, 5.41) is 10.2. The summed E-state index contributed by atoms with van der Waals surface area (Å²) in [7, 11) is 1.57. The lowest BCUT2D eigenvalue weighted by atomic mass is 9.77. The highest BCUT2D eigenvalue weighted by molar-refractivity contribution is 5.27. The molecule has 21 heavy (non-hydrogen) atoms. The largest absolute Gasteiger partial charge is 0.497 e. The summed E-state index contributed by atoms with van der Waals surface area (Å²) in [6.45, 7) is 0. The van der Waals surface area contributed by atoms with Crippen LogP contribution in [0, 0.1) is 11.8 Å². The van der Waals surface area contributed by atoms with Crippen LogP contribution in [0.2, 0.25) is 0 Å². The Hall–Kier alpha value is -1.23. The van der Waals surface area contributed by atoms with Crippen molar-refractivity contribution in [1.82, 2.24) is 0 Å². The number of hydrogen-bond donors (Lipinski definition) is 1. The Balaban J connectivity index is 1.94. The van der Waals surface area contributed by atoms with Crippen LogP contribution in [0.3, 0.4) is 0 Å². The third kappa shape index (κ3) is 4.37. The van der Waals surface area contributed by atoms with Crippen LogP contribution < -0.4 is 4.74 Å². The fourth-order valence-electron chi connectivity index (χ4n) is 3.04. The van der Waals surface area contributed by atoms with Gasteiger partial charge in [0.1, 0.15) is 5.75 Å². The molecule has 0 amide bonds.